The molecule has 2 aromatic rings. The minimum atomic E-state index is -0.212. The van der Waals surface area contributed by atoms with Crippen molar-refractivity contribution in [2.45, 2.75) is 40.3 Å². The SMILES string of the molecule is CCNC(=NCc1ccc(O)c(OCC)c1)NC(C)c1ccc(C)c(F)c1.I. The fourth-order valence-corrected chi connectivity index (χ4v) is 2.59. The van der Waals surface area contributed by atoms with Gasteiger partial charge in [0.05, 0.1) is 19.2 Å². The number of hydrogen-bond donors (Lipinski definition) is 3. The minimum Gasteiger partial charge on any atom is -0.504 e. The fourth-order valence-electron chi connectivity index (χ4n) is 2.59. The summed E-state index contributed by atoms with van der Waals surface area (Å²) in [5.41, 5.74) is 2.40. The molecule has 2 rings (SSSR count). The van der Waals surface area contributed by atoms with Crippen LogP contribution in [0.4, 0.5) is 4.39 Å². The average Bonchev–Trinajstić information content (AvgIpc) is 2.64. The Balaban J connectivity index is 0.00000392. The van der Waals surface area contributed by atoms with Gasteiger partial charge < -0.3 is 20.5 Å². The lowest BCUT2D eigenvalue weighted by Gasteiger charge is -2.18. The van der Waals surface area contributed by atoms with E-state index in [9.17, 15) is 9.50 Å². The summed E-state index contributed by atoms with van der Waals surface area (Å²) in [4.78, 5) is 4.58. The van der Waals surface area contributed by atoms with Gasteiger partial charge in [-0.1, -0.05) is 18.2 Å². The van der Waals surface area contributed by atoms with Crippen molar-refractivity contribution in [2.75, 3.05) is 13.2 Å². The summed E-state index contributed by atoms with van der Waals surface area (Å²) in [6.07, 6.45) is 0. The van der Waals surface area contributed by atoms with Gasteiger partial charge in [0, 0.05) is 6.54 Å². The Morgan fingerprint density at radius 1 is 1.21 bits per heavy atom. The molecule has 2 aromatic carbocycles. The monoisotopic (exact) mass is 501 g/mol. The highest BCUT2D eigenvalue weighted by Crippen LogP contribution is 2.27. The standard InChI is InChI=1S/C21H28FN3O2.HI/c1-5-23-21(25-15(4)17-9-7-14(3)18(22)12-17)24-13-16-8-10-19(26)20(11-16)27-6-2;/h7-12,15,26H,5-6,13H2,1-4H3,(H2,23,24,25);1H. The second kappa shape index (κ2) is 11.7. The highest BCUT2D eigenvalue weighted by molar-refractivity contribution is 14.0. The van der Waals surface area contributed by atoms with Gasteiger partial charge >= 0.3 is 0 Å². The number of nitrogens with zero attached hydrogens (tertiary/aromatic N) is 1. The lowest BCUT2D eigenvalue weighted by molar-refractivity contribution is 0.318. The van der Waals surface area contributed by atoms with Crippen LogP contribution in [-0.2, 0) is 6.54 Å². The molecule has 1 unspecified atom stereocenters. The van der Waals surface area contributed by atoms with E-state index in [1.807, 2.05) is 32.9 Å². The molecule has 5 nitrogen and oxygen atoms in total. The smallest absolute Gasteiger partial charge is 0.192 e. The molecule has 7 heteroatoms. The van der Waals surface area contributed by atoms with E-state index in [0.29, 0.717) is 37.0 Å². The van der Waals surface area contributed by atoms with Gasteiger partial charge in [0.25, 0.3) is 0 Å². The summed E-state index contributed by atoms with van der Waals surface area (Å²) in [5.74, 6) is 0.990. The maximum absolute atomic E-state index is 13.8. The van der Waals surface area contributed by atoms with Crippen molar-refractivity contribution in [3.8, 4) is 11.5 Å². The molecule has 1 atom stereocenters. The zero-order valence-electron chi connectivity index (χ0n) is 16.8. The molecular formula is C21H29FIN3O2. The first kappa shape index (κ1) is 24.0. The van der Waals surface area contributed by atoms with Crippen molar-refractivity contribution in [1.82, 2.24) is 10.6 Å². The fraction of sp³-hybridized carbons (Fsp3) is 0.381. The van der Waals surface area contributed by atoms with Crippen LogP contribution in [0.25, 0.3) is 0 Å². The van der Waals surface area contributed by atoms with Crippen LogP contribution in [0.1, 0.15) is 43.5 Å². The van der Waals surface area contributed by atoms with Gasteiger partial charge in [-0.3, -0.25) is 0 Å². The van der Waals surface area contributed by atoms with E-state index in [1.54, 1.807) is 31.2 Å². The van der Waals surface area contributed by atoms with Gasteiger partial charge in [-0.2, -0.15) is 0 Å². The average molecular weight is 501 g/mol. The predicted octanol–water partition coefficient (Wildman–Crippen LogP) is 4.67. The van der Waals surface area contributed by atoms with Gasteiger partial charge in [0.2, 0.25) is 0 Å². The quantitative estimate of drug-likeness (QED) is 0.293. The van der Waals surface area contributed by atoms with Gasteiger partial charge in [0.15, 0.2) is 17.5 Å². The number of guanidine groups is 1. The number of aromatic hydroxyl groups is 1. The first-order valence-corrected chi connectivity index (χ1v) is 9.20. The summed E-state index contributed by atoms with van der Waals surface area (Å²) < 4.78 is 19.2. The van der Waals surface area contributed by atoms with Crippen LogP contribution in [0.15, 0.2) is 41.4 Å². The number of aliphatic imine (C=N–C) groups is 1. The number of phenols is 1. The molecule has 3 N–H and O–H groups in total. The molecule has 0 bridgehead atoms. The Labute approximate surface area is 183 Å². The third kappa shape index (κ3) is 6.85. The number of nitrogens with one attached hydrogen (secondary N) is 2. The molecule has 154 valence electrons. The molecular weight excluding hydrogens is 472 g/mol. The number of halogens is 2. The predicted molar refractivity (Wildman–Crippen MR) is 122 cm³/mol. The number of ether oxygens (including phenoxy) is 1. The molecule has 0 fully saturated rings. The van der Waals surface area contributed by atoms with Crippen molar-refractivity contribution in [1.29, 1.82) is 0 Å². The summed E-state index contributed by atoms with van der Waals surface area (Å²) >= 11 is 0. The third-order valence-corrected chi connectivity index (χ3v) is 4.14. The van der Waals surface area contributed by atoms with E-state index in [1.165, 1.54) is 0 Å². The Bertz CT molecular complexity index is 799. The summed E-state index contributed by atoms with van der Waals surface area (Å²) in [6, 6.07) is 10.3. The summed E-state index contributed by atoms with van der Waals surface area (Å²) in [5, 5.41) is 16.3. The number of aryl methyl sites for hydroxylation is 1. The van der Waals surface area contributed by atoms with Crippen molar-refractivity contribution in [3.05, 3.63) is 58.9 Å². The second-order valence-corrected chi connectivity index (χ2v) is 6.30. The summed E-state index contributed by atoms with van der Waals surface area (Å²) in [7, 11) is 0. The van der Waals surface area contributed by atoms with Gasteiger partial charge in [-0.05, 0) is 62.6 Å². The van der Waals surface area contributed by atoms with Crippen LogP contribution in [-0.4, -0.2) is 24.2 Å². The molecule has 0 spiro atoms. The normalized spacial score (nSPS) is 12.1. The van der Waals surface area contributed by atoms with Crippen LogP contribution < -0.4 is 15.4 Å². The molecule has 0 radical (unpaired) electrons. The minimum absolute atomic E-state index is 0. The lowest BCUT2D eigenvalue weighted by atomic mass is 10.1. The van der Waals surface area contributed by atoms with E-state index >= 15 is 0 Å². The highest BCUT2D eigenvalue weighted by Gasteiger charge is 2.10. The van der Waals surface area contributed by atoms with Crippen molar-refractivity contribution in [2.24, 2.45) is 4.99 Å². The van der Waals surface area contributed by atoms with E-state index in [0.717, 1.165) is 11.1 Å². The second-order valence-electron chi connectivity index (χ2n) is 6.30. The van der Waals surface area contributed by atoms with Crippen LogP contribution in [0.2, 0.25) is 0 Å². The van der Waals surface area contributed by atoms with E-state index in [2.05, 4.69) is 15.6 Å². The van der Waals surface area contributed by atoms with Gasteiger partial charge in [-0.15, -0.1) is 24.0 Å². The maximum atomic E-state index is 13.8. The maximum Gasteiger partial charge on any atom is 0.192 e. The van der Waals surface area contributed by atoms with Crippen LogP contribution in [0.3, 0.4) is 0 Å². The molecule has 0 aliphatic rings. The Morgan fingerprint density at radius 2 is 1.96 bits per heavy atom. The zero-order chi connectivity index (χ0) is 19.8. The highest BCUT2D eigenvalue weighted by atomic mass is 127. The Kier molecular flexibility index (Phi) is 10.1. The topological polar surface area (TPSA) is 65.9 Å². The summed E-state index contributed by atoms with van der Waals surface area (Å²) in [6.45, 7) is 9.18. The molecule has 0 aliphatic heterocycles. The third-order valence-electron chi connectivity index (χ3n) is 4.14. The number of hydrogen-bond acceptors (Lipinski definition) is 3. The van der Waals surface area contributed by atoms with Crippen molar-refractivity contribution in [3.63, 3.8) is 0 Å². The van der Waals surface area contributed by atoms with Crippen LogP contribution in [0.5, 0.6) is 11.5 Å². The van der Waals surface area contributed by atoms with E-state index < -0.39 is 0 Å². The van der Waals surface area contributed by atoms with E-state index in [-0.39, 0.29) is 41.6 Å². The van der Waals surface area contributed by atoms with Crippen LogP contribution >= 0.6 is 24.0 Å². The first-order chi connectivity index (χ1) is 12.9. The number of rotatable bonds is 7. The van der Waals surface area contributed by atoms with E-state index in [4.69, 9.17) is 4.74 Å². The molecule has 0 aromatic heterocycles. The molecule has 0 amide bonds. The van der Waals surface area contributed by atoms with Gasteiger partial charge in [0.1, 0.15) is 5.82 Å². The molecule has 0 heterocycles. The lowest BCUT2D eigenvalue weighted by Crippen LogP contribution is -2.38. The molecule has 28 heavy (non-hydrogen) atoms. The molecule has 0 saturated heterocycles. The number of phenolic OH excluding ortho intramolecular Hbond substituents is 1. The molecule has 0 aliphatic carbocycles. The first-order valence-electron chi connectivity index (χ1n) is 9.20. The largest absolute Gasteiger partial charge is 0.504 e. The zero-order valence-corrected chi connectivity index (χ0v) is 19.1. The van der Waals surface area contributed by atoms with Crippen molar-refractivity contribution < 1.29 is 14.2 Å². The molecule has 0 saturated carbocycles. The van der Waals surface area contributed by atoms with Gasteiger partial charge in [-0.25, -0.2) is 9.38 Å². The number of benzene rings is 2. The Hall–Kier alpha value is -2.03. The van der Waals surface area contributed by atoms with Crippen molar-refractivity contribution >= 4 is 29.9 Å². The van der Waals surface area contributed by atoms with Crippen LogP contribution in [0, 0.1) is 12.7 Å². The Morgan fingerprint density at radius 3 is 2.61 bits per heavy atom.